The Morgan fingerprint density at radius 3 is 3.00 bits per heavy atom. The van der Waals surface area contributed by atoms with Crippen molar-refractivity contribution in [2.75, 3.05) is 20.1 Å². The number of aromatic amines is 1. The Morgan fingerprint density at radius 2 is 2.33 bits per heavy atom. The van der Waals surface area contributed by atoms with Gasteiger partial charge in [0.2, 0.25) is 5.91 Å². The molecule has 1 fully saturated rings. The van der Waals surface area contributed by atoms with E-state index in [0.29, 0.717) is 6.54 Å². The predicted octanol–water partition coefficient (Wildman–Crippen LogP) is -0.223. The average Bonchev–Trinajstić information content (AvgIpc) is 2.81. The van der Waals surface area contributed by atoms with Gasteiger partial charge in [0.1, 0.15) is 0 Å². The summed E-state index contributed by atoms with van der Waals surface area (Å²) in [5.41, 5.74) is -0.0940. The first-order valence-electron chi connectivity index (χ1n) is 6.42. The molecule has 2 rings (SSSR count). The summed E-state index contributed by atoms with van der Waals surface area (Å²) >= 11 is 0. The number of piperidine rings is 1. The molecule has 1 aliphatic heterocycles. The Morgan fingerprint density at radius 1 is 1.50 bits per heavy atom. The van der Waals surface area contributed by atoms with Crippen molar-refractivity contribution in [3.63, 3.8) is 0 Å². The van der Waals surface area contributed by atoms with Crippen LogP contribution in [0.1, 0.15) is 19.3 Å². The SMILES string of the molecule is CNC(=O)[C@H]1CCCCN1CCn1cc[nH]c1=O. The number of amides is 1. The summed E-state index contributed by atoms with van der Waals surface area (Å²) in [7, 11) is 1.67. The van der Waals surface area contributed by atoms with Crippen molar-refractivity contribution in [2.24, 2.45) is 0 Å². The molecular weight excluding hydrogens is 232 g/mol. The van der Waals surface area contributed by atoms with Gasteiger partial charge < -0.3 is 10.3 Å². The van der Waals surface area contributed by atoms with Crippen LogP contribution in [0.25, 0.3) is 0 Å². The second kappa shape index (κ2) is 5.86. The molecule has 100 valence electrons. The zero-order valence-corrected chi connectivity index (χ0v) is 10.7. The third kappa shape index (κ3) is 2.81. The number of carbonyl (C=O) groups is 1. The molecule has 18 heavy (non-hydrogen) atoms. The van der Waals surface area contributed by atoms with E-state index < -0.39 is 0 Å². The van der Waals surface area contributed by atoms with Crippen LogP contribution in [0.2, 0.25) is 0 Å². The number of nitrogens with one attached hydrogen (secondary N) is 2. The average molecular weight is 252 g/mol. The number of hydrogen-bond donors (Lipinski definition) is 2. The smallest absolute Gasteiger partial charge is 0.325 e. The topological polar surface area (TPSA) is 70.1 Å². The Balaban J connectivity index is 1.95. The first-order chi connectivity index (χ1) is 8.72. The lowest BCUT2D eigenvalue weighted by Crippen LogP contribution is -2.49. The predicted molar refractivity (Wildman–Crippen MR) is 68.3 cm³/mol. The molecular formula is C12H20N4O2. The lowest BCUT2D eigenvalue weighted by molar-refractivity contribution is -0.127. The zero-order valence-electron chi connectivity index (χ0n) is 10.7. The molecule has 1 aliphatic rings. The lowest BCUT2D eigenvalue weighted by atomic mass is 10.0. The summed E-state index contributed by atoms with van der Waals surface area (Å²) in [4.78, 5) is 27.9. The quantitative estimate of drug-likeness (QED) is 0.778. The number of carbonyl (C=O) groups excluding carboxylic acids is 1. The molecule has 2 heterocycles. The minimum absolute atomic E-state index is 0.0432. The number of likely N-dealkylation sites (tertiary alicyclic amines) is 1. The van der Waals surface area contributed by atoms with Gasteiger partial charge in [-0.25, -0.2) is 4.79 Å². The molecule has 1 saturated heterocycles. The van der Waals surface area contributed by atoms with E-state index in [9.17, 15) is 9.59 Å². The monoisotopic (exact) mass is 252 g/mol. The molecule has 6 heteroatoms. The Bertz CT molecular complexity index is 451. The van der Waals surface area contributed by atoms with Crippen LogP contribution in [0.3, 0.4) is 0 Å². The van der Waals surface area contributed by atoms with Crippen LogP contribution in [-0.4, -0.2) is 46.5 Å². The van der Waals surface area contributed by atoms with Crippen LogP contribution in [0.15, 0.2) is 17.2 Å². The number of aromatic nitrogens is 2. The van der Waals surface area contributed by atoms with E-state index in [2.05, 4.69) is 15.2 Å². The molecule has 6 nitrogen and oxygen atoms in total. The van der Waals surface area contributed by atoms with Gasteiger partial charge in [-0.2, -0.15) is 0 Å². The van der Waals surface area contributed by atoms with Crippen LogP contribution in [0.5, 0.6) is 0 Å². The number of nitrogens with zero attached hydrogens (tertiary/aromatic N) is 2. The summed E-state index contributed by atoms with van der Waals surface area (Å²) in [6.07, 6.45) is 6.49. The van der Waals surface area contributed by atoms with Crippen molar-refractivity contribution in [3.05, 3.63) is 22.9 Å². The van der Waals surface area contributed by atoms with E-state index in [4.69, 9.17) is 0 Å². The van der Waals surface area contributed by atoms with Crippen LogP contribution in [-0.2, 0) is 11.3 Å². The Kier molecular flexibility index (Phi) is 4.19. The fourth-order valence-corrected chi connectivity index (χ4v) is 2.48. The fourth-order valence-electron chi connectivity index (χ4n) is 2.48. The van der Waals surface area contributed by atoms with Crippen molar-refractivity contribution in [2.45, 2.75) is 31.8 Å². The Hall–Kier alpha value is -1.56. The number of imidazole rings is 1. The summed E-state index contributed by atoms with van der Waals surface area (Å²) in [5, 5.41) is 2.71. The van der Waals surface area contributed by atoms with E-state index in [1.54, 1.807) is 24.0 Å². The maximum atomic E-state index is 11.8. The molecule has 0 aromatic carbocycles. The van der Waals surface area contributed by atoms with Crippen LogP contribution in [0.4, 0.5) is 0 Å². The van der Waals surface area contributed by atoms with Crippen LogP contribution < -0.4 is 11.0 Å². The molecule has 0 spiro atoms. The summed E-state index contributed by atoms with van der Waals surface area (Å²) in [6, 6.07) is -0.0432. The van der Waals surface area contributed by atoms with Crippen molar-refractivity contribution in [1.29, 1.82) is 0 Å². The highest BCUT2D eigenvalue weighted by atomic mass is 16.2. The second-order valence-electron chi connectivity index (χ2n) is 4.62. The highest BCUT2D eigenvalue weighted by molar-refractivity contribution is 5.81. The van der Waals surface area contributed by atoms with E-state index in [1.165, 1.54) is 0 Å². The molecule has 1 aromatic rings. The first-order valence-corrected chi connectivity index (χ1v) is 6.42. The molecule has 0 unspecified atom stereocenters. The molecule has 0 saturated carbocycles. The minimum atomic E-state index is -0.0940. The molecule has 2 N–H and O–H groups in total. The molecule has 0 radical (unpaired) electrons. The summed E-state index contributed by atoms with van der Waals surface area (Å²) in [5.74, 6) is 0.0797. The van der Waals surface area contributed by atoms with E-state index in [1.807, 2.05) is 0 Å². The summed E-state index contributed by atoms with van der Waals surface area (Å²) < 4.78 is 1.63. The molecule has 1 amide bonds. The number of likely N-dealkylation sites (N-methyl/N-ethyl adjacent to an activating group) is 1. The highest BCUT2D eigenvalue weighted by Gasteiger charge is 2.27. The van der Waals surface area contributed by atoms with Gasteiger partial charge >= 0.3 is 5.69 Å². The van der Waals surface area contributed by atoms with Crippen molar-refractivity contribution >= 4 is 5.91 Å². The third-order valence-corrected chi connectivity index (χ3v) is 3.51. The van der Waals surface area contributed by atoms with Crippen molar-refractivity contribution in [3.8, 4) is 0 Å². The van der Waals surface area contributed by atoms with Gasteiger partial charge in [0.15, 0.2) is 0 Å². The van der Waals surface area contributed by atoms with E-state index in [-0.39, 0.29) is 17.6 Å². The van der Waals surface area contributed by atoms with Gasteiger partial charge in [-0.3, -0.25) is 14.3 Å². The molecule has 0 aliphatic carbocycles. The second-order valence-corrected chi connectivity index (χ2v) is 4.62. The minimum Gasteiger partial charge on any atom is -0.358 e. The summed E-state index contributed by atoms with van der Waals surface area (Å²) in [6.45, 7) is 2.28. The largest absolute Gasteiger partial charge is 0.358 e. The van der Waals surface area contributed by atoms with Gasteiger partial charge in [-0.1, -0.05) is 6.42 Å². The molecule has 0 bridgehead atoms. The first kappa shape index (κ1) is 12.9. The lowest BCUT2D eigenvalue weighted by Gasteiger charge is -2.34. The normalized spacial score (nSPS) is 20.8. The van der Waals surface area contributed by atoms with E-state index in [0.717, 1.165) is 32.4 Å². The number of hydrogen-bond acceptors (Lipinski definition) is 3. The highest BCUT2D eigenvalue weighted by Crippen LogP contribution is 2.16. The standard InChI is InChI=1S/C12H20N4O2/c1-13-11(17)10-4-2-3-6-15(10)8-9-16-7-5-14-12(16)18/h5,7,10H,2-4,6,8-9H2,1H3,(H,13,17)(H,14,18)/t10-/m1/s1. The maximum Gasteiger partial charge on any atom is 0.325 e. The number of H-pyrrole nitrogens is 1. The van der Waals surface area contributed by atoms with Crippen molar-refractivity contribution in [1.82, 2.24) is 19.8 Å². The third-order valence-electron chi connectivity index (χ3n) is 3.51. The fraction of sp³-hybridized carbons (Fsp3) is 0.667. The zero-order chi connectivity index (χ0) is 13.0. The number of rotatable bonds is 4. The van der Waals surface area contributed by atoms with Crippen LogP contribution >= 0.6 is 0 Å². The van der Waals surface area contributed by atoms with Gasteiger partial charge in [0.05, 0.1) is 6.04 Å². The van der Waals surface area contributed by atoms with Crippen LogP contribution in [0, 0.1) is 0 Å². The van der Waals surface area contributed by atoms with Crippen molar-refractivity contribution < 1.29 is 4.79 Å². The Labute approximate surface area is 106 Å². The van der Waals surface area contributed by atoms with E-state index >= 15 is 0 Å². The maximum absolute atomic E-state index is 11.8. The van der Waals surface area contributed by atoms with Gasteiger partial charge in [0.25, 0.3) is 0 Å². The van der Waals surface area contributed by atoms with Gasteiger partial charge in [-0.15, -0.1) is 0 Å². The van der Waals surface area contributed by atoms with Gasteiger partial charge in [-0.05, 0) is 19.4 Å². The molecule has 1 aromatic heterocycles. The molecule has 1 atom stereocenters. The van der Waals surface area contributed by atoms with Gasteiger partial charge in [0, 0.05) is 32.5 Å².